The molecule has 1 atom stereocenters. The van der Waals surface area contributed by atoms with Gasteiger partial charge in [-0.1, -0.05) is 43.2 Å². The highest BCUT2D eigenvalue weighted by molar-refractivity contribution is 5.79. The van der Waals surface area contributed by atoms with Gasteiger partial charge in [0.1, 0.15) is 17.3 Å². The van der Waals surface area contributed by atoms with Crippen molar-refractivity contribution < 1.29 is 18.7 Å². The topological polar surface area (TPSA) is 56.6 Å². The molecule has 2 fully saturated rings. The number of rotatable bonds is 8. The first-order valence-corrected chi connectivity index (χ1v) is 12.5. The van der Waals surface area contributed by atoms with E-state index < -0.39 is 0 Å². The van der Waals surface area contributed by atoms with Gasteiger partial charge in [0.2, 0.25) is 11.8 Å². The Morgan fingerprint density at radius 1 is 1.09 bits per heavy atom. The van der Waals surface area contributed by atoms with Gasteiger partial charge < -0.3 is 14.4 Å². The van der Waals surface area contributed by atoms with Crippen molar-refractivity contribution in [1.29, 1.82) is 0 Å². The smallest absolute Gasteiger partial charge is 0.226 e. The lowest BCUT2D eigenvalue weighted by Gasteiger charge is -2.28. The zero-order valence-electron chi connectivity index (χ0n) is 20.2. The lowest BCUT2D eigenvalue weighted by molar-refractivity contribution is -0.137. The third-order valence-electron chi connectivity index (χ3n) is 6.98. The number of aryl methyl sites for hydroxylation is 1. The summed E-state index contributed by atoms with van der Waals surface area (Å²) in [5.41, 5.74) is 2.58. The number of ether oxygens (including phenoxy) is 2. The van der Waals surface area contributed by atoms with E-state index in [1.807, 2.05) is 42.3 Å². The van der Waals surface area contributed by atoms with Crippen molar-refractivity contribution in [2.45, 2.75) is 51.2 Å². The summed E-state index contributed by atoms with van der Waals surface area (Å²) in [5.74, 6) is 0.996. The van der Waals surface area contributed by atoms with Gasteiger partial charge in [0, 0.05) is 31.7 Å². The summed E-state index contributed by atoms with van der Waals surface area (Å²) >= 11 is 0. The van der Waals surface area contributed by atoms with E-state index in [1.54, 1.807) is 16.8 Å². The Hall–Kier alpha value is -3.19. The quantitative estimate of drug-likeness (QED) is 0.417. The second kappa shape index (κ2) is 10.6. The minimum absolute atomic E-state index is 0.0543. The molecule has 35 heavy (non-hydrogen) atoms. The Morgan fingerprint density at radius 2 is 1.83 bits per heavy atom. The van der Waals surface area contributed by atoms with Crippen molar-refractivity contribution in [3.05, 3.63) is 66.0 Å². The van der Waals surface area contributed by atoms with Crippen LogP contribution in [-0.2, 0) is 23.1 Å². The molecule has 1 amide bonds. The lowest BCUT2D eigenvalue weighted by atomic mass is 10.0. The van der Waals surface area contributed by atoms with E-state index in [1.165, 1.54) is 12.1 Å². The molecule has 1 aliphatic carbocycles. The first-order valence-electron chi connectivity index (χ1n) is 12.5. The first-order chi connectivity index (χ1) is 17.1. The fourth-order valence-corrected chi connectivity index (χ4v) is 5.15. The number of hydrogen-bond acceptors (Lipinski definition) is 4. The van der Waals surface area contributed by atoms with Crippen LogP contribution in [0.2, 0.25) is 0 Å². The zero-order valence-corrected chi connectivity index (χ0v) is 20.2. The van der Waals surface area contributed by atoms with Gasteiger partial charge in [0.05, 0.1) is 18.2 Å². The van der Waals surface area contributed by atoms with Crippen LogP contribution in [0.5, 0.6) is 11.6 Å². The van der Waals surface area contributed by atoms with Gasteiger partial charge in [-0.2, -0.15) is 5.10 Å². The molecule has 0 bridgehead atoms. The van der Waals surface area contributed by atoms with Crippen LogP contribution in [0, 0.1) is 11.7 Å². The summed E-state index contributed by atoms with van der Waals surface area (Å²) in [6.07, 6.45) is 6.13. The molecule has 1 aromatic heterocycles. The van der Waals surface area contributed by atoms with E-state index in [2.05, 4.69) is 0 Å². The van der Waals surface area contributed by atoms with Crippen molar-refractivity contribution in [2.75, 3.05) is 13.2 Å². The van der Waals surface area contributed by atoms with Crippen LogP contribution in [0.4, 0.5) is 4.39 Å². The number of halogens is 1. The lowest BCUT2D eigenvalue weighted by Crippen LogP contribution is -2.40. The second-order valence-corrected chi connectivity index (χ2v) is 9.51. The number of benzene rings is 2. The average Bonchev–Trinajstić information content (AvgIpc) is 3.64. The van der Waals surface area contributed by atoms with Gasteiger partial charge in [-0.25, -0.2) is 9.07 Å². The van der Waals surface area contributed by atoms with Crippen LogP contribution in [0.1, 0.15) is 44.1 Å². The highest BCUT2D eigenvalue weighted by Crippen LogP contribution is 2.36. The second-order valence-electron chi connectivity index (χ2n) is 9.51. The standard InChI is InChI=1S/C28H32FN3O3/c1-31-28(35-23-15-13-22(29)14-16-23)25(26(30-31)20-8-3-2-4-9-20)19-32(18-24-12-7-17-34-24)27(33)21-10-5-6-11-21/h2-4,8-9,13-16,21,24H,5-7,10-12,17-19H2,1H3. The fourth-order valence-electron chi connectivity index (χ4n) is 5.15. The molecule has 0 spiro atoms. The number of aromatic nitrogens is 2. The third kappa shape index (κ3) is 5.40. The molecule has 5 rings (SSSR count). The first kappa shape index (κ1) is 23.5. The van der Waals surface area contributed by atoms with E-state index >= 15 is 0 Å². The van der Waals surface area contributed by atoms with Crippen LogP contribution in [-0.4, -0.2) is 39.8 Å². The molecule has 1 unspecified atom stereocenters. The predicted molar refractivity (Wildman–Crippen MR) is 131 cm³/mol. The van der Waals surface area contributed by atoms with Gasteiger partial charge in [-0.3, -0.25) is 4.79 Å². The average molecular weight is 478 g/mol. The molecule has 1 saturated carbocycles. The van der Waals surface area contributed by atoms with Gasteiger partial charge in [0.15, 0.2) is 0 Å². The molecule has 0 N–H and O–H groups in total. The molecular weight excluding hydrogens is 445 g/mol. The monoisotopic (exact) mass is 477 g/mol. The summed E-state index contributed by atoms with van der Waals surface area (Å²) in [4.78, 5) is 15.6. The van der Waals surface area contributed by atoms with E-state index in [4.69, 9.17) is 14.6 Å². The summed E-state index contributed by atoms with van der Waals surface area (Å²) in [7, 11) is 1.83. The zero-order chi connectivity index (χ0) is 24.2. The molecule has 2 aromatic carbocycles. The molecule has 1 aliphatic heterocycles. The van der Waals surface area contributed by atoms with Crippen LogP contribution >= 0.6 is 0 Å². The number of hydrogen-bond donors (Lipinski definition) is 0. The highest BCUT2D eigenvalue weighted by Gasteiger charge is 2.32. The van der Waals surface area contributed by atoms with Crippen LogP contribution in [0.15, 0.2) is 54.6 Å². The van der Waals surface area contributed by atoms with Crippen molar-refractivity contribution in [3.63, 3.8) is 0 Å². The van der Waals surface area contributed by atoms with Crippen molar-refractivity contribution in [1.82, 2.24) is 14.7 Å². The number of carbonyl (C=O) groups is 1. The SMILES string of the molecule is Cn1nc(-c2ccccc2)c(CN(CC2CCCO2)C(=O)C2CCCC2)c1Oc1ccc(F)cc1. The molecule has 3 aromatic rings. The van der Waals surface area contributed by atoms with Crippen LogP contribution < -0.4 is 4.74 Å². The Labute approximate surface area is 205 Å². The summed E-state index contributed by atoms with van der Waals surface area (Å²) in [6, 6.07) is 15.9. The van der Waals surface area contributed by atoms with Crippen LogP contribution in [0.3, 0.4) is 0 Å². The van der Waals surface area contributed by atoms with E-state index in [0.29, 0.717) is 24.7 Å². The Balaban J connectivity index is 1.52. The van der Waals surface area contributed by atoms with E-state index in [9.17, 15) is 9.18 Å². The summed E-state index contributed by atoms with van der Waals surface area (Å²) in [6.45, 7) is 1.69. The van der Waals surface area contributed by atoms with Crippen LogP contribution in [0.25, 0.3) is 11.3 Å². The fraction of sp³-hybridized carbons (Fsp3) is 0.429. The maximum atomic E-state index is 13.7. The van der Waals surface area contributed by atoms with Crippen molar-refractivity contribution in [2.24, 2.45) is 13.0 Å². The largest absolute Gasteiger partial charge is 0.439 e. The molecule has 0 radical (unpaired) electrons. The maximum absolute atomic E-state index is 13.7. The normalized spacial score (nSPS) is 18.2. The Morgan fingerprint density at radius 3 is 2.51 bits per heavy atom. The minimum atomic E-state index is -0.322. The van der Waals surface area contributed by atoms with Gasteiger partial charge in [0.25, 0.3) is 0 Å². The van der Waals surface area contributed by atoms with Gasteiger partial charge in [-0.15, -0.1) is 0 Å². The van der Waals surface area contributed by atoms with Crippen molar-refractivity contribution >= 4 is 5.91 Å². The third-order valence-corrected chi connectivity index (χ3v) is 6.98. The molecule has 6 nitrogen and oxygen atoms in total. The maximum Gasteiger partial charge on any atom is 0.226 e. The number of nitrogens with zero attached hydrogens (tertiary/aromatic N) is 3. The molecule has 7 heteroatoms. The van der Waals surface area contributed by atoms with Gasteiger partial charge in [-0.05, 0) is 49.9 Å². The molecule has 1 saturated heterocycles. The minimum Gasteiger partial charge on any atom is -0.439 e. The van der Waals surface area contributed by atoms with Gasteiger partial charge >= 0.3 is 0 Å². The highest BCUT2D eigenvalue weighted by atomic mass is 19.1. The molecule has 2 heterocycles. The summed E-state index contributed by atoms with van der Waals surface area (Å²) < 4.78 is 27.3. The Kier molecular flexibility index (Phi) is 7.13. The number of carbonyl (C=O) groups excluding carboxylic acids is 1. The van der Waals surface area contributed by atoms with Crippen molar-refractivity contribution in [3.8, 4) is 22.9 Å². The van der Waals surface area contributed by atoms with E-state index in [-0.39, 0.29) is 23.7 Å². The molecule has 184 valence electrons. The molecule has 2 aliphatic rings. The predicted octanol–water partition coefficient (Wildman–Crippen LogP) is 5.72. The Bertz CT molecular complexity index is 1130. The van der Waals surface area contributed by atoms with E-state index in [0.717, 1.165) is 62.0 Å². The number of amides is 1. The summed E-state index contributed by atoms with van der Waals surface area (Å²) in [5, 5.41) is 4.78. The molecular formula is C28H32FN3O3.